The smallest absolute Gasteiger partial charge is 0.137 e. The zero-order chi connectivity index (χ0) is 33.4. The molecule has 0 aliphatic heterocycles. The van der Waals surface area contributed by atoms with Crippen LogP contribution in [-0.4, -0.2) is 9.55 Å². The number of nitrogens with zero attached hydrogens (tertiary/aromatic N) is 3. The van der Waals surface area contributed by atoms with E-state index in [1.807, 2.05) is 12.3 Å². The second-order valence-electron chi connectivity index (χ2n) is 13.3. The van der Waals surface area contributed by atoms with Gasteiger partial charge in [-0.05, 0) is 89.3 Å². The fraction of sp³-hybridized carbons (Fsp3) is 0.0889. The molecule has 0 spiro atoms. The van der Waals surface area contributed by atoms with Gasteiger partial charge in [-0.15, -0.1) is 0 Å². The summed E-state index contributed by atoms with van der Waals surface area (Å²) in [7, 11) is 0. The fourth-order valence-electron chi connectivity index (χ4n) is 6.63. The average molecular weight is 636 g/mol. The maximum Gasteiger partial charge on any atom is 0.137 e. The van der Waals surface area contributed by atoms with Crippen LogP contribution in [0.25, 0.3) is 38.8 Å². The summed E-state index contributed by atoms with van der Waals surface area (Å²) in [5, 5.41) is 2.35. The summed E-state index contributed by atoms with van der Waals surface area (Å²) in [5.74, 6) is 2.44. The second-order valence-corrected chi connectivity index (χ2v) is 13.3. The van der Waals surface area contributed by atoms with Crippen LogP contribution in [0.15, 0.2) is 170 Å². The van der Waals surface area contributed by atoms with Gasteiger partial charge in [0, 0.05) is 40.0 Å². The molecule has 0 atom stereocenters. The largest absolute Gasteiger partial charge is 0.457 e. The highest BCUT2D eigenvalue weighted by atomic mass is 16.5. The topological polar surface area (TPSA) is 30.3 Å². The van der Waals surface area contributed by atoms with Gasteiger partial charge in [0.15, 0.2) is 0 Å². The Hall–Kier alpha value is -6.13. The highest BCUT2D eigenvalue weighted by Gasteiger charge is 2.19. The number of pyridine rings is 1. The summed E-state index contributed by atoms with van der Waals surface area (Å²) in [4.78, 5) is 7.14. The molecule has 0 saturated heterocycles. The molecule has 4 heteroatoms. The molecular formula is C45H37N3O. The molecule has 0 radical (unpaired) electrons. The third-order valence-corrected chi connectivity index (χ3v) is 9.04. The van der Waals surface area contributed by atoms with Crippen molar-refractivity contribution in [1.29, 1.82) is 0 Å². The number of anilines is 3. The Balaban J connectivity index is 1.20. The summed E-state index contributed by atoms with van der Waals surface area (Å²) >= 11 is 0. The highest BCUT2D eigenvalue weighted by Crippen LogP contribution is 2.42. The van der Waals surface area contributed by atoms with E-state index >= 15 is 0 Å². The van der Waals surface area contributed by atoms with E-state index in [1.165, 1.54) is 10.9 Å². The van der Waals surface area contributed by atoms with Crippen molar-refractivity contribution in [2.45, 2.75) is 26.2 Å². The van der Waals surface area contributed by atoms with Gasteiger partial charge in [-0.1, -0.05) is 106 Å². The van der Waals surface area contributed by atoms with Crippen molar-refractivity contribution in [3.63, 3.8) is 0 Å². The van der Waals surface area contributed by atoms with E-state index in [9.17, 15) is 0 Å². The van der Waals surface area contributed by atoms with Gasteiger partial charge in [-0.25, -0.2) is 4.98 Å². The van der Waals surface area contributed by atoms with Gasteiger partial charge in [-0.2, -0.15) is 0 Å². The van der Waals surface area contributed by atoms with E-state index in [2.05, 4.69) is 188 Å². The van der Waals surface area contributed by atoms with Crippen LogP contribution in [-0.2, 0) is 5.41 Å². The minimum atomic E-state index is 0.00752. The minimum absolute atomic E-state index is 0.00752. The monoisotopic (exact) mass is 635 g/mol. The first kappa shape index (κ1) is 30.2. The van der Waals surface area contributed by atoms with Gasteiger partial charge < -0.3 is 9.64 Å². The molecule has 0 unspecified atom stereocenters. The highest BCUT2D eigenvalue weighted by molar-refractivity contribution is 6.09. The van der Waals surface area contributed by atoms with Gasteiger partial charge in [0.2, 0.25) is 0 Å². The summed E-state index contributed by atoms with van der Waals surface area (Å²) in [6.45, 7) is 6.70. The lowest BCUT2D eigenvalue weighted by molar-refractivity contribution is 0.483. The third-order valence-electron chi connectivity index (χ3n) is 9.04. The predicted octanol–water partition coefficient (Wildman–Crippen LogP) is 12.4. The molecule has 8 aromatic rings. The first-order valence-electron chi connectivity index (χ1n) is 16.7. The average Bonchev–Trinajstić information content (AvgIpc) is 3.46. The van der Waals surface area contributed by atoms with Gasteiger partial charge in [-0.3, -0.25) is 4.57 Å². The van der Waals surface area contributed by atoms with Gasteiger partial charge in [0.1, 0.15) is 17.3 Å². The van der Waals surface area contributed by atoms with Crippen LogP contribution in [0.4, 0.5) is 17.1 Å². The first-order chi connectivity index (χ1) is 23.9. The lowest BCUT2D eigenvalue weighted by Gasteiger charge is -2.27. The molecule has 238 valence electrons. The number of ether oxygens (including phenoxy) is 1. The molecule has 0 saturated carbocycles. The van der Waals surface area contributed by atoms with Crippen molar-refractivity contribution < 1.29 is 4.74 Å². The molecule has 0 fully saturated rings. The van der Waals surface area contributed by atoms with Crippen molar-refractivity contribution in [1.82, 2.24) is 9.55 Å². The molecule has 0 N–H and O–H groups in total. The Morgan fingerprint density at radius 2 is 1.20 bits per heavy atom. The Morgan fingerprint density at radius 1 is 0.551 bits per heavy atom. The van der Waals surface area contributed by atoms with Crippen LogP contribution in [0.5, 0.6) is 11.5 Å². The standard InChI is InChI=1S/C45H37N3O/c1-45(2,3)33-27-28-46-44(30-33)48-42-24-13-11-22-39(42)40-26-25-37(31-43(40)48)49-36-20-14-15-32(29-36)38-21-10-12-23-41(38)47(34-16-6-4-7-17-34)35-18-8-5-9-19-35/h4-31H,1-3H3. The van der Waals surface area contributed by atoms with Crippen LogP contribution >= 0.6 is 0 Å². The molecular weight excluding hydrogens is 599 g/mol. The Labute approximate surface area is 287 Å². The minimum Gasteiger partial charge on any atom is -0.457 e. The maximum atomic E-state index is 6.64. The Morgan fingerprint density at radius 3 is 1.96 bits per heavy atom. The molecule has 0 bridgehead atoms. The molecule has 2 aromatic heterocycles. The molecule has 2 heterocycles. The normalized spacial score (nSPS) is 11.6. The molecule has 6 aromatic carbocycles. The van der Waals surface area contributed by atoms with E-state index in [0.717, 1.165) is 61.9 Å². The van der Waals surface area contributed by atoms with Crippen molar-refractivity contribution in [3.05, 3.63) is 176 Å². The van der Waals surface area contributed by atoms with Crippen molar-refractivity contribution in [3.8, 4) is 28.4 Å². The SMILES string of the molecule is CC(C)(C)c1ccnc(-n2c3ccccc3c3ccc(Oc4cccc(-c5ccccc5N(c5ccccc5)c5ccccc5)c4)cc32)c1. The molecule has 0 aliphatic rings. The summed E-state index contributed by atoms with van der Waals surface area (Å²) < 4.78 is 8.89. The molecule has 8 rings (SSSR count). The van der Waals surface area contributed by atoms with Crippen LogP contribution in [0.3, 0.4) is 0 Å². The van der Waals surface area contributed by atoms with Crippen molar-refractivity contribution in [2.75, 3.05) is 4.90 Å². The second kappa shape index (κ2) is 12.5. The third kappa shape index (κ3) is 5.83. The van der Waals surface area contributed by atoms with Crippen LogP contribution in [0.2, 0.25) is 0 Å². The predicted molar refractivity (Wildman–Crippen MR) is 204 cm³/mol. The number of fused-ring (bicyclic) bond motifs is 3. The summed E-state index contributed by atoms with van der Waals surface area (Å²) in [6.07, 6.45) is 1.91. The zero-order valence-corrected chi connectivity index (χ0v) is 27.9. The van der Waals surface area contributed by atoms with E-state index in [4.69, 9.17) is 9.72 Å². The van der Waals surface area contributed by atoms with Crippen LogP contribution in [0, 0.1) is 0 Å². The van der Waals surface area contributed by atoms with Crippen LogP contribution in [0.1, 0.15) is 26.3 Å². The number of aromatic nitrogens is 2. The lowest BCUT2D eigenvalue weighted by atomic mass is 9.88. The first-order valence-corrected chi connectivity index (χ1v) is 16.7. The van der Waals surface area contributed by atoms with Gasteiger partial charge in [0.05, 0.1) is 16.7 Å². The summed E-state index contributed by atoms with van der Waals surface area (Å²) in [5.41, 5.74) is 8.89. The van der Waals surface area contributed by atoms with E-state index < -0.39 is 0 Å². The Bertz CT molecular complexity index is 2370. The summed E-state index contributed by atoms with van der Waals surface area (Å²) in [6, 6.07) is 57.1. The van der Waals surface area contributed by atoms with Crippen molar-refractivity contribution >= 4 is 38.9 Å². The zero-order valence-electron chi connectivity index (χ0n) is 27.9. The lowest BCUT2D eigenvalue weighted by Crippen LogP contribution is -2.12. The number of rotatable bonds is 7. The van der Waals surface area contributed by atoms with Gasteiger partial charge >= 0.3 is 0 Å². The van der Waals surface area contributed by atoms with E-state index in [0.29, 0.717) is 0 Å². The maximum absolute atomic E-state index is 6.64. The molecule has 4 nitrogen and oxygen atoms in total. The number of hydrogen-bond acceptors (Lipinski definition) is 3. The molecule has 49 heavy (non-hydrogen) atoms. The number of para-hydroxylation sites is 4. The van der Waals surface area contributed by atoms with Crippen molar-refractivity contribution in [2.24, 2.45) is 0 Å². The number of benzene rings is 6. The molecule has 0 aliphatic carbocycles. The van der Waals surface area contributed by atoms with E-state index in [-0.39, 0.29) is 5.41 Å². The van der Waals surface area contributed by atoms with E-state index in [1.54, 1.807) is 0 Å². The number of hydrogen-bond donors (Lipinski definition) is 0. The molecule has 0 amide bonds. The fourth-order valence-corrected chi connectivity index (χ4v) is 6.63. The van der Waals surface area contributed by atoms with Crippen LogP contribution < -0.4 is 9.64 Å². The Kier molecular flexibility index (Phi) is 7.69. The van der Waals surface area contributed by atoms with Gasteiger partial charge in [0.25, 0.3) is 0 Å². The quantitative estimate of drug-likeness (QED) is 0.175.